The van der Waals surface area contributed by atoms with E-state index in [2.05, 4.69) is 9.97 Å². The van der Waals surface area contributed by atoms with Gasteiger partial charge in [-0.25, -0.2) is 0 Å². The van der Waals surface area contributed by atoms with Crippen LogP contribution in [0.15, 0.2) is 42.7 Å². The van der Waals surface area contributed by atoms with E-state index in [1.807, 2.05) is 0 Å². The number of hydrogen-bond donors (Lipinski definition) is 3. The van der Waals surface area contributed by atoms with E-state index in [0.29, 0.717) is 27.4 Å². The number of fused-ring (bicyclic) bond motifs is 1. The van der Waals surface area contributed by atoms with Crippen LogP contribution in [0, 0.1) is 5.41 Å². The van der Waals surface area contributed by atoms with Gasteiger partial charge in [-0.1, -0.05) is 11.6 Å². The first-order valence-corrected chi connectivity index (χ1v) is 7.36. The average molecular weight is 344 g/mol. The predicted molar refractivity (Wildman–Crippen MR) is 91.6 cm³/mol. The maximum Gasteiger partial charge on any atom is 0.276 e. The average Bonchev–Trinajstić information content (AvgIpc) is 3.03. The van der Waals surface area contributed by atoms with Crippen molar-refractivity contribution in [3.8, 4) is 11.5 Å². The summed E-state index contributed by atoms with van der Waals surface area (Å²) in [5.74, 6) is 0.273. The lowest BCUT2D eigenvalue weighted by Crippen LogP contribution is -2.38. The fraction of sp³-hybridized carbons (Fsp3) is 0.0625. The molecule has 24 heavy (non-hydrogen) atoms. The lowest BCUT2D eigenvalue weighted by atomic mass is 10.2. The zero-order chi connectivity index (χ0) is 17.3. The number of nitrogens with two attached hydrogens (primary N) is 1. The van der Waals surface area contributed by atoms with Crippen molar-refractivity contribution >= 4 is 34.4 Å². The fourth-order valence-corrected chi connectivity index (χ4v) is 2.40. The van der Waals surface area contributed by atoms with E-state index in [1.165, 1.54) is 7.05 Å². The first kappa shape index (κ1) is 15.8. The van der Waals surface area contributed by atoms with Crippen molar-refractivity contribution in [2.75, 3.05) is 7.05 Å². The summed E-state index contributed by atoms with van der Waals surface area (Å²) in [7, 11) is 1.42. The lowest BCUT2D eigenvalue weighted by molar-refractivity contribution is 0.0864. The maximum atomic E-state index is 12.3. The standard InChI is InChI=1S/C16H14ClN5O2/c1-22(16(18)19)15(23)12-7-10-11(17)4-5-13(14(10)21-12)24-9-3-2-6-20-8-9/h2-8,21H,1H3,(H3,18,19). The number of pyridine rings is 1. The van der Waals surface area contributed by atoms with Gasteiger partial charge in [-0.05, 0) is 30.3 Å². The molecule has 0 radical (unpaired) electrons. The first-order chi connectivity index (χ1) is 11.5. The van der Waals surface area contributed by atoms with Crippen molar-refractivity contribution in [2.24, 2.45) is 5.73 Å². The molecule has 0 aliphatic rings. The Morgan fingerprint density at radius 3 is 2.88 bits per heavy atom. The van der Waals surface area contributed by atoms with Gasteiger partial charge in [0.2, 0.25) is 0 Å². The quantitative estimate of drug-likeness (QED) is 0.501. The third kappa shape index (κ3) is 2.89. The Kier molecular flexibility index (Phi) is 4.09. The molecule has 122 valence electrons. The molecular weight excluding hydrogens is 330 g/mol. The van der Waals surface area contributed by atoms with Gasteiger partial charge in [0.25, 0.3) is 5.91 Å². The predicted octanol–water partition coefficient (Wildman–Crippen LogP) is 2.97. The van der Waals surface area contributed by atoms with Crippen molar-refractivity contribution in [3.63, 3.8) is 0 Å². The molecule has 0 unspecified atom stereocenters. The number of H-pyrrole nitrogens is 1. The maximum absolute atomic E-state index is 12.3. The summed E-state index contributed by atoms with van der Waals surface area (Å²) < 4.78 is 5.80. The molecule has 3 rings (SSSR count). The third-order valence-corrected chi connectivity index (χ3v) is 3.79. The zero-order valence-corrected chi connectivity index (χ0v) is 13.5. The molecule has 1 amide bonds. The number of aromatic nitrogens is 2. The van der Waals surface area contributed by atoms with Crippen LogP contribution in [0.1, 0.15) is 10.5 Å². The number of hydrogen-bond acceptors (Lipinski definition) is 4. The van der Waals surface area contributed by atoms with Crippen LogP contribution < -0.4 is 10.5 Å². The van der Waals surface area contributed by atoms with Crippen LogP contribution in [-0.4, -0.2) is 33.8 Å². The largest absolute Gasteiger partial charge is 0.454 e. The highest BCUT2D eigenvalue weighted by Gasteiger charge is 2.19. The van der Waals surface area contributed by atoms with E-state index >= 15 is 0 Å². The summed E-state index contributed by atoms with van der Waals surface area (Å²) in [6, 6.07) is 8.53. The van der Waals surface area contributed by atoms with Crippen molar-refractivity contribution in [1.82, 2.24) is 14.9 Å². The molecular formula is C16H14ClN5O2. The monoisotopic (exact) mass is 343 g/mol. The number of amides is 1. The number of carbonyl (C=O) groups is 1. The van der Waals surface area contributed by atoms with E-state index in [-0.39, 0.29) is 11.7 Å². The molecule has 0 spiro atoms. The minimum Gasteiger partial charge on any atom is -0.454 e. The van der Waals surface area contributed by atoms with Crippen LogP contribution in [-0.2, 0) is 0 Å². The number of halogens is 1. The van der Waals surface area contributed by atoms with Crippen LogP contribution in [0.2, 0.25) is 5.02 Å². The molecule has 0 aliphatic carbocycles. The fourth-order valence-electron chi connectivity index (χ4n) is 2.18. The molecule has 4 N–H and O–H groups in total. The smallest absolute Gasteiger partial charge is 0.276 e. The van der Waals surface area contributed by atoms with Crippen LogP contribution in [0.4, 0.5) is 0 Å². The Balaban J connectivity index is 2.05. The summed E-state index contributed by atoms with van der Waals surface area (Å²) in [6.45, 7) is 0. The van der Waals surface area contributed by atoms with E-state index in [4.69, 9.17) is 27.5 Å². The second-order valence-corrected chi connectivity index (χ2v) is 5.46. The topological polar surface area (TPSA) is 108 Å². The lowest BCUT2D eigenvalue weighted by Gasteiger charge is -2.12. The van der Waals surface area contributed by atoms with Gasteiger partial charge in [-0.2, -0.15) is 0 Å². The van der Waals surface area contributed by atoms with Crippen LogP contribution in [0.25, 0.3) is 10.9 Å². The molecule has 0 atom stereocenters. The number of nitrogens with one attached hydrogen (secondary N) is 2. The van der Waals surface area contributed by atoms with E-state index < -0.39 is 5.91 Å². The van der Waals surface area contributed by atoms with Gasteiger partial charge in [0, 0.05) is 18.6 Å². The van der Waals surface area contributed by atoms with Gasteiger partial charge in [0.15, 0.2) is 11.7 Å². The number of benzene rings is 1. The van der Waals surface area contributed by atoms with Gasteiger partial charge < -0.3 is 15.5 Å². The highest BCUT2D eigenvalue weighted by molar-refractivity contribution is 6.35. The third-order valence-electron chi connectivity index (χ3n) is 3.46. The Morgan fingerprint density at radius 2 is 2.21 bits per heavy atom. The summed E-state index contributed by atoms with van der Waals surface area (Å²) in [5.41, 5.74) is 6.18. The zero-order valence-electron chi connectivity index (χ0n) is 12.7. The Hall–Kier alpha value is -3.06. The SMILES string of the molecule is CN(C(=N)N)C(=O)c1cc2c(Cl)ccc(Oc3cccnc3)c2[nH]1. The van der Waals surface area contributed by atoms with Gasteiger partial charge in [-0.3, -0.25) is 20.1 Å². The summed E-state index contributed by atoms with van der Waals surface area (Å²) in [5, 5.41) is 8.47. The minimum absolute atomic E-state index is 0.256. The summed E-state index contributed by atoms with van der Waals surface area (Å²) >= 11 is 6.21. The molecule has 7 nitrogen and oxygen atoms in total. The molecule has 0 aliphatic heterocycles. The number of aromatic amines is 1. The second-order valence-electron chi connectivity index (χ2n) is 5.06. The van der Waals surface area contributed by atoms with Crippen molar-refractivity contribution < 1.29 is 9.53 Å². The molecule has 2 aromatic heterocycles. The van der Waals surface area contributed by atoms with E-state index in [1.54, 1.807) is 42.7 Å². The van der Waals surface area contributed by atoms with Gasteiger partial charge in [0.1, 0.15) is 11.4 Å². The first-order valence-electron chi connectivity index (χ1n) is 6.98. The molecule has 2 heterocycles. The molecule has 3 aromatic rings. The van der Waals surface area contributed by atoms with Crippen LogP contribution in [0.3, 0.4) is 0 Å². The highest BCUT2D eigenvalue weighted by atomic mass is 35.5. The van der Waals surface area contributed by atoms with Crippen molar-refractivity contribution in [3.05, 3.63) is 53.4 Å². The minimum atomic E-state index is -0.443. The Labute approximate surface area is 142 Å². The van der Waals surface area contributed by atoms with Crippen LogP contribution >= 0.6 is 11.6 Å². The van der Waals surface area contributed by atoms with Crippen molar-refractivity contribution in [2.45, 2.75) is 0 Å². The van der Waals surface area contributed by atoms with Gasteiger partial charge in [0.05, 0.1) is 16.7 Å². The van der Waals surface area contributed by atoms with Gasteiger partial charge >= 0.3 is 0 Å². The summed E-state index contributed by atoms with van der Waals surface area (Å²) in [4.78, 5) is 20.3. The normalized spacial score (nSPS) is 10.6. The van der Waals surface area contributed by atoms with E-state index in [0.717, 1.165) is 4.90 Å². The van der Waals surface area contributed by atoms with Crippen molar-refractivity contribution in [1.29, 1.82) is 5.41 Å². The number of nitrogens with zero attached hydrogens (tertiary/aromatic N) is 2. The Bertz CT molecular complexity index is 923. The molecule has 0 bridgehead atoms. The molecule has 0 saturated heterocycles. The number of rotatable bonds is 3. The molecule has 0 fully saturated rings. The van der Waals surface area contributed by atoms with E-state index in [9.17, 15) is 4.79 Å². The summed E-state index contributed by atoms with van der Waals surface area (Å²) in [6.07, 6.45) is 3.23. The highest BCUT2D eigenvalue weighted by Crippen LogP contribution is 2.34. The molecule has 8 heteroatoms. The van der Waals surface area contributed by atoms with Crippen LogP contribution in [0.5, 0.6) is 11.5 Å². The van der Waals surface area contributed by atoms with Gasteiger partial charge in [-0.15, -0.1) is 0 Å². The number of carbonyl (C=O) groups excluding carboxylic acids is 1. The Morgan fingerprint density at radius 1 is 1.42 bits per heavy atom. The molecule has 0 saturated carbocycles. The number of ether oxygens (including phenoxy) is 1. The molecule has 1 aromatic carbocycles. The second kappa shape index (κ2) is 6.21. The number of guanidine groups is 1.